The summed E-state index contributed by atoms with van der Waals surface area (Å²) < 4.78 is 11.1. The number of amides is 1. The SMILES string of the molecule is CCCCC/C=C\CCCCCCC(O)C(=O)NC(COC1OC(CO)C(O)C(O)C1O)C(O)C(O)CCC/C=C/CC/C=C/CC/C=C/CCCCCCCCCCCCC. The number of rotatable bonds is 41. The average molecular weight is 880 g/mol. The minimum Gasteiger partial charge on any atom is -0.394 e. The highest BCUT2D eigenvalue weighted by molar-refractivity contribution is 5.80. The lowest BCUT2D eigenvalue weighted by Gasteiger charge is -2.40. The highest BCUT2D eigenvalue weighted by Gasteiger charge is 2.44. The normalized spacial score (nSPS) is 21.7. The van der Waals surface area contributed by atoms with Crippen LogP contribution in [0.2, 0.25) is 0 Å². The van der Waals surface area contributed by atoms with Crippen LogP contribution in [0.5, 0.6) is 0 Å². The van der Waals surface area contributed by atoms with Gasteiger partial charge in [-0.05, 0) is 89.9 Å². The molecule has 0 radical (unpaired) electrons. The second-order valence-electron chi connectivity index (χ2n) is 17.5. The van der Waals surface area contributed by atoms with Crippen molar-refractivity contribution in [1.29, 1.82) is 0 Å². The molecule has 362 valence electrons. The first-order valence-electron chi connectivity index (χ1n) is 25.0. The molecule has 62 heavy (non-hydrogen) atoms. The van der Waals surface area contributed by atoms with E-state index < -0.39 is 74.2 Å². The van der Waals surface area contributed by atoms with Gasteiger partial charge >= 0.3 is 0 Å². The molecule has 1 amide bonds. The summed E-state index contributed by atoms with van der Waals surface area (Å²) in [5.74, 6) is -0.725. The molecule has 1 aliphatic heterocycles. The number of unbranched alkanes of at least 4 members (excludes halogenated alkanes) is 21. The Morgan fingerprint density at radius 3 is 1.47 bits per heavy atom. The van der Waals surface area contributed by atoms with Gasteiger partial charge in [0.1, 0.15) is 36.6 Å². The number of carbonyl (C=O) groups is 1. The van der Waals surface area contributed by atoms with Gasteiger partial charge in [-0.2, -0.15) is 0 Å². The van der Waals surface area contributed by atoms with Crippen LogP contribution in [0.3, 0.4) is 0 Å². The third kappa shape index (κ3) is 29.5. The Hall–Kier alpha value is -1.93. The number of carbonyl (C=O) groups excluding carboxylic acids is 1. The Morgan fingerprint density at radius 2 is 0.968 bits per heavy atom. The van der Waals surface area contributed by atoms with E-state index >= 15 is 0 Å². The molecule has 9 unspecified atom stereocenters. The fourth-order valence-corrected chi connectivity index (χ4v) is 7.64. The van der Waals surface area contributed by atoms with Crippen LogP contribution in [0.1, 0.15) is 200 Å². The highest BCUT2D eigenvalue weighted by atomic mass is 16.7. The Balaban J connectivity index is 2.41. The lowest BCUT2D eigenvalue weighted by atomic mass is 9.98. The summed E-state index contributed by atoms with van der Waals surface area (Å²) in [5, 5.41) is 75.6. The zero-order valence-corrected chi connectivity index (χ0v) is 39.1. The van der Waals surface area contributed by atoms with Crippen LogP contribution in [0.15, 0.2) is 48.6 Å². The third-order valence-corrected chi connectivity index (χ3v) is 11.8. The van der Waals surface area contributed by atoms with Crippen LogP contribution in [0.25, 0.3) is 0 Å². The summed E-state index contributed by atoms with van der Waals surface area (Å²) in [6.45, 7) is 3.37. The van der Waals surface area contributed by atoms with E-state index in [0.717, 1.165) is 57.8 Å². The summed E-state index contributed by atoms with van der Waals surface area (Å²) in [5.41, 5.74) is 0. The van der Waals surface area contributed by atoms with Crippen LogP contribution in [-0.4, -0.2) is 110 Å². The zero-order valence-electron chi connectivity index (χ0n) is 39.1. The smallest absolute Gasteiger partial charge is 0.249 e. The Kier molecular flexibility index (Phi) is 38.0. The molecule has 0 aliphatic carbocycles. The van der Waals surface area contributed by atoms with Crippen molar-refractivity contribution in [2.75, 3.05) is 13.2 Å². The van der Waals surface area contributed by atoms with E-state index in [1.165, 1.54) is 96.3 Å². The summed E-state index contributed by atoms with van der Waals surface area (Å²) in [7, 11) is 0. The minimum absolute atomic E-state index is 0.233. The molecule has 11 heteroatoms. The molecule has 8 N–H and O–H groups in total. The fourth-order valence-electron chi connectivity index (χ4n) is 7.64. The van der Waals surface area contributed by atoms with E-state index in [-0.39, 0.29) is 12.8 Å². The van der Waals surface area contributed by atoms with Gasteiger partial charge in [-0.3, -0.25) is 4.79 Å². The van der Waals surface area contributed by atoms with Crippen molar-refractivity contribution in [2.45, 2.75) is 255 Å². The van der Waals surface area contributed by atoms with E-state index in [4.69, 9.17) is 9.47 Å². The predicted molar refractivity (Wildman–Crippen MR) is 251 cm³/mol. The van der Waals surface area contributed by atoms with Gasteiger partial charge in [-0.25, -0.2) is 0 Å². The van der Waals surface area contributed by atoms with Crippen LogP contribution >= 0.6 is 0 Å². The standard InChI is InChI=1S/C51H93NO10/c1-3-5-7-9-11-13-15-16-17-18-19-20-21-22-23-24-25-26-27-29-30-32-34-36-38-43(54)46(56)42(41-61-51-49(59)48(58)47(57)45(40-53)62-51)52-50(60)44(55)39-37-35-33-31-28-14-12-10-8-6-4-2/h12,14,21-22,25-26,30,32,42-49,51,53-59H,3-11,13,15-20,23-24,27-29,31,33-41H2,1-2H3,(H,52,60)/b14-12-,22-21+,26-25+,32-30+. The van der Waals surface area contributed by atoms with E-state index in [0.29, 0.717) is 19.3 Å². The van der Waals surface area contributed by atoms with Crippen molar-refractivity contribution in [3.63, 3.8) is 0 Å². The van der Waals surface area contributed by atoms with E-state index in [1.807, 2.05) is 0 Å². The summed E-state index contributed by atoms with van der Waals surface area (Å²) >= 11 is 0. The summed E-state index contributed by atoms with van der Waals surface area (Å²) in [4.78, 5) is 13.1. The van der Waals surface area contributed by atoms with Gasteiger partial charge in [0.25, 0.3) is 0 Å². The van der Waals surface area contributed by atoms with E-state index in [2.05, 4.69) is 67.8 Å². The molecule has 0 bridgehead atoms. The molecule has 1 rings (SSSR count). The molecular formula is C51H93NO10. The van der Waals surface area contributed by atoms with Crippen molar-refractivity contribution >= 4 is 5.91 Å². The number of allylic oxidation sites excluding steroid dienone is 8. The van der Waals surface area contributed by atoms with Gasteiger partial charge in [0.05, 0.1) is 25.4 Å². The maximum atomic E-state index is 13.1. The molecule has 1 heterocycles. The molecule has 1 fully saturated rings. The van der Waals surface area contributed by atoms with E-state index in [1.54, 1.807) is 0 Å². The number of hydrogen-bond donors (Lipinski definition) is 8. The fraction of sp³-hybridized carbons (Fsp3) is 0.824. The maximum Gasteiger partial charge on any atom is 0.249 e. The summed E-state index contributed by atoms with van der Waals surface area (Å²) in [6, 6.07) is -1.20. The van der Waals surface area contributed by atoms with Gasteiger partial charge in [0.15, 0.2) is 6.29 Å². The quantitative estimate of drug-likeness (QED) is 0.0218. The second-order valence-corrected chi connectivity index (χ2v) is 17.5. The van der Waals surface area contributed by atoms with Crippen molar-refractivity contribution in [2.24, 2.45) is 0 Å². The number of hydrogen-bond acceptors (Lipinski definition) is 10. The maximum absolute atomic E-state index is 13.1. The molecule has 9 atom stereocenters. The number of ether oxygens (including phenoxy) is 2. The monoisotopic (exact) mass is 880 g/mol. The van der Waals surface area contributed by atoms with Gasteiger partial charge < -0.3 is 50.5 Å². The third-order valence-electron chi connectivity index (χ3n) is 11.8. The van der Waals surface area contributed by atoms with Crippen LogP contribution < -0.4 is 5.32 Å². The molecule has 0 saturated carbocycles. The van der Waals surface area contributed by atoms with Gasteiger partial charge in [0, 0.05) is 0 Å². The largest absolute Gasteiger partial charge is 0.394 e. The summed E-state index contributed by atoms with van der Waals surface area (Å²) in [6.07, 6.45) is 37.5. The minimum atomic E-state index is -1.67. The second kappa shape index (κ2) is 40.6. The Labute approximate surface area is 377 Å². The first kappa shape index (κ1) is 58.1. The average Bonchev–Trinajstić information content (AvgIpc) is 3.27. The first-order valence-corrected chi connectivity index (χ1v) is 25.0. The predicted octanol–water partition coefficient (Wildman–Crippen LogP) is 8.95. The molecule has 0 aromatic heterocycles. The van der Waals surface area contributed by atoms with Gasteiger partial charge in [0.2, 0.25) is 5.91 Å². The number of nitrogens with one attached hydrogen (secondary N) is 1. The lowest BCUT2D eigenvalue weighted by Crippen LogP contribution is -2.60. The number of aliphatic hydroxyl groups excluding tert-OH is 7. The Bertz CT molecular complexity index is 1150. The molecular weight excluding hydrogens is 787 g/mol. The van der Waals surface area contributed by atoms with E-state index in [9.17, 15) is 40.5 Å². The molecule has 1 aliphatic rings. The van der Waals surface area contributed by atoms with Crippen LogP contribution in [-0.2, 0) is 14.3 Å². The highest BCUT2D eigenvalue weighted by Crippen LogP contribution is 2.23. The van der Waals surface area contributed by atoms with Crippen LogP contribution in [0.4, 0.5) is 0 Å². The van der Waals surface area contributed by atoms with Crippen LogP contribution in [0, 0.1) is 0 Å². The van der Waals surface area contributed by atoms with Crippen molar-refractivity contribution < 1.29 is 50.0 Å². The molecule has 0 spiro atoms. The molecule has 1 saturated heterocycles. The number of aliphatic hydroxyl groups is 7. The topological polar surface area (TPSA) is 189 Å². The first-order chi connectivity index (χ1) is 30.2. The molecule has 0 aromatic rings. The lowest BCUT2D eigenvalue weighted by molar-refractivity contribution is -0.303. The Morgan fingerprint density at radius 1 is 0.548 bits per heavy atom. The molecule has 0 aromatic carbocycles. The van der Waals surface area contributed by atoms with Crippen molar-refractivity contribution in [1.82, 2.24) is 5.32 Å². The zero-order chi connectivity index (χ0) is 45.5. The van der Waals surface area contributed by atoms with Crippen molar-refractivity contribution in [3.8, 4) is 0 Å². The molecule has 11 nitrogen and oxygen atoms in total. The van der Waals surface area contributed by atoms with Gasteiger partial charge in [-0.15, -0.1) is 0 Å². The van der Waals surface area contributed by atoms with Crippen molar-refractivity contribution in [3.05, 3.63) is 48.6 Å². The van der Waals surface area contributed by atoms with Gasteiger partial charge in [-0.1, -0.05) is 159 Å².